The maximum absolute atomic E-state index is 4.40. The number of nitrogens with one attached hydrogen (secondary N) is 1. The first-order chi connectivity index (χ1) is 13.7. The van der Waals surface area contributed by atoms with E-state index in [9.17, 15) is 0 Å². The monoisotopic (exact) mass is 442 g/mol. The molecule has 1 aliphatic heterocycles. The highest BCUT2D eigenvalue weighted by Crippen LogP contribution is 2.33. The Morgan fingerprint density at radius 1 is 1.18 bits per heavy atom. The molecule has 4 nitrogen and oxygen atoms in total. The molecular formula is C23H31BrN4. The van der Waals surface area contributed by atoms with Gasteiger partial charge in [-0.2, -0.15) is 0 Å². The van der Waals surface area contributed by atoms with Gasteiger partial charge in [-0.1, -0.05) is 30.3 Å². The lowest BCUT2D eigenvalue weighted by molar-refractivity contribution is 0.0885. The van der Waals surface area contributed by atoms with E-state index in [1.54, 1.807) is 0 Å². The third-order valence-electron chi connectivity index (χ3n) is 6.22. The van der Waals surface area contributed by atoms with E-state index in [2.05, 4.69) is 79.6 Å². The Morgan fingerprint density at radius 2 is 2.04 bits per heavy atom. The minimum absolute atomic E-state index is 0.450. The van der Waals surface area contributed by atoms with Gasteiger partial charge in [0.15, 0.2) is 0 Å². The zero-order chi connectivity index (χ0) is 19.3. The van der Waals surface area contributed by atoms with Crippen molar-refractivity contribution in [3.8, 4) is 0 Å². The number of fused-ring (bicyclic) bond motifs is 1. The number of rotatable bonds is 6. The Bertz CT molecular complexity index is 766. The average molecular weight is 443 g/mol. The Kier molecular flexibility index (Phi) is 6.78. The number of halogens is 1. The van der Waals surface area contributed by atoms with Crippen LogP contribution in [0.25, 0.3) is 0 Å². The van der Waals surface area contributed by atoms with Crippen molar-refractivity contribution in [3.05, 3.63) is 63.9 Å². The minimum atomic E-state index is 0.450. The third kappa shape index (κ3) is 4.65. The summed E-state index contributed by atoms with van der Waals surface area (Å²) in [7, 11) is 2.24. The summed E-state index contributed by atoms with van der Waals surface area (Å²) in [6.45, 7) is 5.64. The normalized spacial score (nSPS) is 23.5. The molecular weight excluding hydrogens is 412 g/mol. The first kappa shape index (κ1) is 20.0. The number of aromatic nitrogens is 1. The van der Waals surface area contributed by atoms with Crippen molar-refractivity contribution >= 4 is 15.9 Å². The smallest absolute Gasteiger partial charge is 0.0475 e. The second-order valence-electron chi connectivity index (χ2n) is 8.17. The number of hydrogen-bond donors (Lipinski definition) is 1. The molecule has 1 N–H and O–H groups in total. The van der Waals surface area contributed by atoms with Gasteiger partial charge in [-0.15, -0.1) is 0 Å². The number of benzene rings is 1. The fraction of sp³-hybridized carbons (Fsp3) is 0.522. The molecule has 2 aliphatic rings. The van der Waals surface area contributed by atoms with Crippen LogP contribution in [0.4, 0.5) is 0 Å². The number of nitrogens with zero attached hydrogens (tertiary/aromatic N) is 3. The second-order valence-corrected chi connectivity index (χ2v) is 9.02. The molecule has 2 aromatic rings. The molecule has 2 unspecified atom stereocenters. The lowest BCUT2D eigenvalue weighted by atomic mass is 9.89. The summed E-state index contributed by atoms with van der Waals surface area (Å²) in [5, 5.41) is 3.81. The second kappa shape index (κ2) is 9.49. The molecule has 5 heteroatoms. The SMILES string of the molecule is CN1CCN(CCCNC2CCCc3c(Br)cncc32)C(c2ccccc2)C1. The molecule has 0 bridgehead atoms. The van der Waals surface area contributed by atoms with Crippen LogP contribution in [0.1, 0.15) is 48.0 Å². The van der Waals surface area contributed by atoms with Crippen molar-refractivity contribution in [2.75, 3.05) is 39.8 Å². The summed E-state index contributed by atoms with van der Waals surface area (Å²) in [6, 6.07) is 11.9. The van der Waals surface area contributed by atoms with E-state index < -0.39 is 0 Å². The zero-order valence-electron chi connectivity index (χ0n) is 16.8. The average Bonchev–Trinajstić information content (AvgIpc) is 2.73. The predicted molar refractivity (Wildman–Crippen MR) is 118 cm³/mol. The molecule has 28 heavy (non-hydrogen) atoms. The highest BCUT2D eigenvalue weighted by Gasteiger charge is 2.26. The van der Waals surface area contributed by atoms with Crippen LogP contribution in [-0.4, -0.2) is 54.6 Å². The molecule has 1 fully saturated rings. The number of likely N-dealkylation sites (N-methyl/N-ethyl adjacent to an activating group) is 1. The van der Waals surface area contributed by atoms with Gasteiger partial charge < -0.3 is 10.2 Å². The highest BCUT2D eigenvalue weighted by atomic mass is 79.9. The molecule has 150 valence electrons. The number of hydrogen-bond acceptors (Lipinski definition) is 4. The van der Waals surface area contributed by atoms with Gasteiger partial charge in [0.05, 0.1) is 0 Å². The van der Waals surface area contributed by atoms with Crippen LogP contribution in [0, 0.1) is 0 Å². The first-order valence-corrected chi connectivity index (χ1v) is 11.3. The molecule has 0 saturated carbocycles. The van der Waals surface area contributed by atoms with Gasteiger partial charge in [-0.25, -0.2) is 0 Å². The zero-order valence-corrected chi connectivity index (χ0v) is 18.4. The Hall–Kier alpha value is -1.27. The van der Waals surface area contributed by atoms with Crippen LogP contribution in [-0.2, 0) is 6.42 Å². The van der Waals surface area contributed by atoms with Crippen LogP contribution in [0.5, 0.6) is 0 Å². The lowest BCUT2D eigenvalue weighted by Gasteiger charge is -2.40. The van der Waals surface area contributed by atoms with Crippen molar-refractivity contribution in [3.63, 3.8) is 0 Å². The molecule has 0 radical (unpaired) electrons. The summed E-state index contributed by atoms with van der Waals surface area (Å²) in [4.78, 5) is 9.53. The minimum Gasteiger partial charge on any atom is -0.310 e. The molecule has 1 aliphatic carbocycles. The van der Waals surface area contributed by atoms with E-state index >= 15 is 0 Å². The van der Waals surface area contributed by atoms with Gasteiger partial charge in [-0.3, -0.25) is 9.88 Å². The number of piperazine rings is 1. The molecule has 1 aromatic heterocycles. The van der Waals surface area contributed by atoms with Crippen LogP contribution in [0.15, 0.2) is 47.2 Å². The molecule has 2 heterocycles. The van der Waals surface area contributed by atoms with Gasteiger partial charge in [0, 0.05) is 55.1 Å². The first-order valence-electron chi connectivity index (χ1n) is 10.6. The topological polar surface area (TPSA) is 31.4 Å². The van der Waals surface area contributed by atoms with Crippen molar-refractivity contribution < 1.29 is 0 Å². The van der Waals surface area contributed by atoms with Gasteiger partial charge >= 0.3 is 0 Å². The molecule has 0 amide bonds. The Balaban J connectivity index is 1.32. The van der Waals surface area contributed by atoms with E-state index in [0.29, 0.717) is 12.1 Å². The standard InChI is InChI=1S/C23H31BrN4/c1-27-13-14-28(23(17-27)18-7-3-2-4-8-18)12-6-11-26-22-10-5-9-19-20(22)15-25-16-21(19)24/h2-4,7-8,15-16,22-23,26H,5-6,9-14,17H2,1H3. The molecule has 1 aromatic carbocycles. The molecule has 0 spiro atoms. The fourth-order valence-corrected chi connectivity index (χ4v) is 5.21. The van der Waals surface area contributed by atoms with E-state index in [0.717, 1.165) is 39.1 Å². The van der Waals surface area contributed by atoms with Crippen molar-refractivity contribution in [2.45, 2.75) is 37.8 Å². The Labute approximate surface area is 177 Å². The molecule has 2 atom stereocenters. The van der Waals surface area contributed by atoms with Crippen LogP contribution >= 0.6 is 15.9 Å². The maximum Gasteiger partial charge on any atom is 0.0475 e. The third-order valence-corrected chi connectivity index (χ3v) is 6.91. The van der Waals surface area contributed by atoms with Gasteiger partial charge in [-0.05, 0) is 71.9 Å². The van der Waals surface area contributed by atoms with E-state index in [1.165, 1.54) is 40.4 Å². The lowest BCUT2D eigenvalue weighted by Crippen LogP contribution is -2.47. The maximum atomic E-state index is 4.40. The number of pyridine rings is 1. The van der Waals surface area contributed by atoms with Crippen LogP contribution in [0.3, 0.4) is 0 Å². The fourth-order valence-electron chi connectivity index (χ4n) is 4.67. The summed E-state index contributed by atoms with van der Waals surface area (Å²) in [5.74, 6) is 0. The van der Waals surface area contributed by atoms with Crippen molar-refractivity contribution in [1.82, 2.24) is 20.1 Å². The van der Waals surface area contributed by atoms with E-state index in [1.807, 2.05) is 6.20 Å². The van der Waals surface area contributed by atoms with Gasteiger partial charge in [0.2, 0.25) is 0 Å². The largest absolute Gasteiger partial charge is 0.310 e. The van der Waals surface area contributed by atoms with Crippen LogP contribution in [0.2, 0.25) is 0 Å². The van der Waals surface area contributed by atoms with Gasteiger partial charge in [0.25, 0.3) is 0 Å². The van der Waals surface area contributed by atoms with Crippen LogP contribution < -0.4 is 5.32 Å². The summed E-state index contributed by atoms with van der Waals surface area (Å²) in [5.41, 5.74) is 4.28. The predicted octanol–water partition coefficient (Wildman–Crippen LogP) is 4.19. The van der Waals surface area contributed by atoms with Crippen molar-refractivity contribution in [1.29, 1.82) is 0 Å². The van der Waals surface area contributed by atoms with E-state index in [4.69, 9.17) is 0 Å². The van der Waals surface area contributed by atoms with Crippen molar-refractivity contribution in [2.24, 2.45) is 0 Å². The van der Waals surface area contributed by atoms with E-state index in [-0.39, 0.29) is 0 Å². The quantitative estimate of drug-likeness (QED) is 0.679. The Morgan fingerprint density at radius 3 is 2.89 bits per heavy atom. The molecule has 1 saturated heterocycles. The summed E-state index contributed by atoms with van der Waals surface area (Å²) < 4.78 is 1.17. The molecule has 4 rings (SSSR count). The van der Waals surface area contributed by atoms with Gasteiger partial charge in [0.1, 0.15) is 0 Å². The summed E-state index contributed by atoms with van der Waals surface area (Å²) >= 11 is 3.68. The summed E-state index contributed by atoms with van der Waals surface area (Å²) in [6.07, 6.45) is 8.80. The highest BCUT2D eigenvalue weighted by molar-refractivity contribution is 9.10.